The fraction of sp³-hybridized carbons (Fsp3) is 0.588. The molecule has 0 aromatic heterocycles. The summed E-state index contributed by atoms with van der Waals surface area (Å²) in [7, 11) is 0. The minimum atomic E-state index is -0.00390. The monoisotopic (exact) mass is 361 g/mol. The molecule has 132 valence electrons. The smallest absolute Gasteiger partial charge is 0.251 e. The van der Waals surface area contributed by atoms with Crippen LogP contribution in [0.5, 0.6) is 0 Å². The summed E-state index contributed by atoms with van der Waals surface area (Å²) in [5.74, 6) is 0.596. The van der Waals surface area contributed by atoms with Crippen LogP contribution in [0.4, 0.5) is 5.69 Å². The highest BCUT2D eigenvalue weighted by Gasteiger charge is 2.19. The molecule has 1 aliphatic heterocycles. The Morgan fingerprint density at radius 3 is 2.57 bits per heavy atom. The molecule has 0 saturated carbocycles. The third kappa shape index (κ3) is 6.58. The quantitative estimate of drug-likeness (QED) is 0.791. The van der Waals surface area contributed by atoms with Crippen molar-refractivity contribution in [2.24, 2.45) is 5.92 Å². The second-order valence-corrected chi connectivity index (χ2v) is 6.07. The van der Waals surface area contributed by atoms with Crippen LogP contribution in [0.3, 0.4) is 0 Å². The van der Waals surface area contributed by atoms with Gasteiger partial charge in [0.25, 0.3) is 5.91 Å². The van der Waals surface area contributed by atoms with Crippen molar-refractivity contribution in [2.45, 2.75) is 33.1 Å². The Hall–Kier alpha value is -0.970. The van der Waals surface area contributed by atoms with E-state index in [9.17, 15) is 4.79 Å². The first-order valence-corrected chi connectivity index (χ1v) is 7.96. The number of benzene rings is 1. The number of rotatable bonds is 5. The highest BCUT2D eigenvalue weighted by Crippen LogP contribution is 2.17. The molecule has 4 nitrogen and oxygen atoms in total. The van der Waals surface area contributed by atoms with Gasteiger partial charge in [-0.1, -0.05) is 13.0 Å². The Kier molecular flexibility index (Phi) is 10.3. The van der Waals surface area contributed by atoms with Gasteiger partial charge in [-0.15, -0.1) is 24.8 Å². The first kappa shape index (κ1) is 22.0. The predicted molar refractivity (Wildman–Crippen MR) is 102 cm³/mol. The molecular weight excluding hydrogens is 333 g/mol. The van der Waals surface area contributed by atoms with E-state index in [4.69, 9.17) is 5.73 Å². The number of halogens is 2. The van der Waals surface area contributed by atoms with Gasteiger partial charge in [0, 0.05) is 17.8 Å². The lowest BCUT2D eigenvalue weighted by Gasteiger charge is -2.31. The molecule has 0 aliphatic carbocycles. The third-order valence-corrected chi connectivity index (χ3v) is 4.30. The van der Waals surface area contributed by atoms with Gasteiger partial charge in [-0.3, -0.25) is 4.79 Å². The Bertz CT molecular complexity index is 489. The number of nitrogens with two attached hydrogens (primary N) is 1. The van der Waals surface area contributed by atoms with Crippen molar-refractivity contribution in [2.75, 3.05) is 31.9 Å². The molecule has 23 heavy (non-hydrogen) atoms. The van der Waals surface area contributed by atoms with Crippen LogP contribution in [-0.4, -0.2) is 37.0 Å². The second-order valence-electron chi connectivity index (χ2n) is 6.07. The normalized spacial score (nSPS) is 15.4. The van der Waals surface area contributed by atoms with E-state index in [1.807, 2.05) is 19.1 Å². The Morgan fingerprint density at radius 1 is 1.30 bits per heavy atom. The number of carbonyl (C=O) groups is 1. The maximum Gasteiger partial charge on any atom is 0.251 e. The molecule has 1 aliphatic rings. The largest absolute Gasteiger partial charge is 0.399 e. The summed E-state index contributed by atoms with van der Waals surface area (Å²) < 4.78 is 0. The summed E-state index contributed by atoms with van der Waals surface area (Å²) in [4.78, 5) is 14.8. The minimum absolute atomic E-state index is 0. The van der Waals surface area contributed by atoms with Crippen LogP contribution in [0, 0.1) is 12.8 Å². The molecule has 0 atom stereocenters. The summed E-state index contributed by atoms with van der Waals surface area (Å²) >= 11 is 0. The molecule has 1 aromatic rings. The van der Waals surface area contributed by atoms with Crippen LogP contribution in [-0.2, 0) is 0 Å². The minimum Gasteiger partial charge on any atom is -0.399 e. The number of nitrogens with one attached hydrogen (secondary N) is 1. The van der Waals surface area contributed by atoms with E-state index in [-0.39, 0.29) is 30.7 Å². The van der Waals surface area contributed by atoms with E-state index in [0.717, 1.165) is 25.2 Å². The van der Waals surface area contributed by atoms with Gasteiger partial charge < -0.3 is 16.0 Å². The van der Waals surface area contributed by atoms with E-state index in [1.165, 1.54) is 25.8 Å². The summed E-state index contributed by atoms with van der Waals surface area (Å²) in [5, 5.41) is 3.07. The number of piperidine rings is 1. The number of hydrogen-bond acceptors (Lipinski definition) is 3. The van der Waals surface area contributed by atoms with Crippen LogP contribution in [0.2, 0.25) is 0 Å². The lowest BCUT2D eigenvalue weighted by Crippen LogP contribution is -2.39. The predicted octanol–water partition coefficient (Wildman–Crippen LogP) is 3.27. The molecule has 0 bridgehead atoms. The molecule has 1 aromatic carbocycles. The number of nitrogens with zero attached hydrogens (tertiary/aromatic N) is 1. The van der Waals surface area contributed by atoms with E-state index in [1.54, 1.807) is 6.07 Å². The van der Waals surface area contributed by atoms with Crippen molar-refractivity contribution in [3.05, 3.63) is 29.3 Å². The highest BCUT2D eigenvalue weighted by molar-refractivity contribution is 5.96. The Labute approximate surface area is 152 Å². The zero-order valence-corrected chi connectivity index (χ0v) is 15.6. The summed E-state index contributed by atoms with van der Waals surface area (Å²) in [6.07, 6.45) is 3.57. The van der Waals surface area contributed by atoms with E-state index < -0.39 is 0 Å². The van der Waals surface area contributed by atoms with Crippen LogP contribution in [0.25, 0.3) is 0 Å². The van der Waals surface area contributed by atoms with Gasteiger partial charge in [-0.2, -0.15) is 0 Å². The Morgan fingerprint density at radius 2 is 1.96 bits per heavy atom. The van der Waals surface area contributed by atoms with E-state index in [0.29, 0.717) is 17.2 Å². The van der Waals surface area contributed by atoms with Gasteiger partial charge >= 0.3 is 0 Å². The molecule has 1 heterocycles. The number of hydrogen-bond donors (Lipinski definition) is 2. The van der Waals surface area contributed by atoms with Gasteiger partial charge in [0.05, 0.1) is 0 Å². The number of aryl methyl sites for hydroxylation is 1. The molecule has 2 rings (SSSR count). The molecular formula is C17H29Cl2N3O. The van der Waals surface area contributed by atoms with Crippen LogP contribution in [0.1, 0.15) is 42.1 Å². The molecule has 1 fully saturated rings. The first-order valence-electron chi connectivity index (χ1n) is 7.96. The van der Waals surface area contributed by atoms with Crippen molar-refractivity contribution in [3.63, 3.8) is 0 Å². The number of amides is 1. The lowest BCUT2D eigenvalue weighted by molar-refractivity contribution is 0.0935. The molecule has 0 radical (unpaired) electrons. The topological polar surface area (TPSA) is 58.4 Å². The first-order chi connectivity index (χ1) is 10.1. The highest BCUT2D eigenvalue weighted by atomic mass is 35.5. The van der Waals surface area contributed by atoms with Crippen LogP contribution in [0.15, 0.2) is 18.2 Å². The van der Waals surface area contributed by atoms with Crippen molar-refractivity contribution >= 4 is 36.4 Å². The summed E-state index contributed by atoms with van der Waals surface area (Å²) in [5.41, 5.74) is 8.06. The third-order valence-electron chi connectivity index (χ3n) is 4.30. The van der Waals surface area contributed by atoms with Gasteiger partial charge in [0.2, 0.25) is 0 Å². The lowest BCUT2D eigenvalue weighted by atomic mass is 9.96. The van der Waals surface area contributed by atoms with Crippen molar-refractivity contribution < 1.29 is 4.79 Å². The van der Waals surface area contributed by atoms with Gasteiger partial charge in [0.1, 0.15) is 0 Å². The number of anilines is 1. The SMILES string of the molecule is CCCN1CCC(CNC(=O)c2cc(N)ccc2C)CC1.Cl.Cl. The van der Waals surface area contributed by atoms with Gasteiger partial charge in [-0.05, 0) is 69.4 Å². The maximum atomic E-state index is 12.3. The number of carbonyl (C=O) groups excluding carboxylic acids is 1. The molecule has 1 saturated heterocycles. The zero-order chi connectivity index (χ0) is 15.2. The number of likely N-dealkylation sites (tertiary alicyclic amines) is 1. The summed E-state index contributed by atoms with van der Waals surface area (Å²) in [6.45, 7) is 8.45. The molecule has 0 spiro atoms. The molecule has 0 unspecified atom stereocenters. The van der Waals surface area contributed by atoms with E-state index in [2.05, 4.69) is 17.1 Å². The van der Waals surface area contributed by atoms with Crippen molar-refractivity contribution in [1.82, 2.24) is 10.2 Å². The molecule has 3 N–H and O–H groups in total. The van der Waals surface area contributed by atoms with Gasteiger partial charge in [-0.25, -0.2) is 0 Å². The fourth-order valence-electron chi connectivity index (χ4n) is 2.95. The Balaban J connectivity index is 0.00000242. The average molecular weight is 362 g/mol. The number of nitrogen functional groups attached to an aromatic ring is 1. The average Bonchev–Trinajstić information content (AvgIpc) is 2.49. The second kappa shape index (κ2) is 10.7. The standard InChI is InChI=1S/C17H27N3O.2ClH/c1-3-8-20-9-6-14(7-10-20)12-19-17(21)16-11-15(18)5-4-13(16)2;;/h4-5,11,14H,3,6-10,12,18H2,1-2H3,(H,19,21);2*1H. The summed E-state index contributed by atoms with van der Waals surface area (Å²) in [6, 6.07) is 5.48. The van der Waals surface area contributed by atoms with Crippen molar-refractivity contribution in [1.29, 1.82) is 0 Å². The van der Waals surface area contributed by atoms with Gasteiger partial charge in [0.15, 0.2) is 0 Å². The van der Waals surface area contributed by atoms with E-state index >= 15 is 0 Å². The van der Waals surface area contributed by atoms with Crippen molar-refractivity contribution in [3.8, 4) is 0 Å². The zero-order valence-electron chi connectivity index (χ0n) is 14.0. The maximum absolute atomic E-state index is 12.3. The van der Waals surface area contributed by atoms with Crippen LogP contribution < -0.4 is 11.1 Å². The fourth-order valence-corrected chi connectivity index (χ4v) is 2.95. The molecule has 1 amide bonds. The molecule has 6 heteroatoms. The van der Waals surface area contributed by atoms with Crippen LogP contribution >= 0.6 is 24.8 Å².